The molecule has 0 aromatic heterocycles. The van der Waals surface area contributed by atoms with E-state index in [2.05, 4.69) is 26.1 Å². The molecular weight excluding hydrogens is 278 g/mol. The maximum Gasteiger partial charge on any atom is 0.222 e. The summed E-state index contributed by atoms with van der Waals surface area (Å²) in [6.07, 6.45) is 7.38. The van der Waals surface area contributed by atoms with Gasteiger partial charge in [-0.3, -0.25) is 4.79 Å². The van der Waals surface area contributed by atoms with E-state index >= 15 is 0 Å². The van der Waals surface area contributed by atoms with Crippen LogP contribution in [0.2, 0.25) is 0 Å². The summed E-state index contributed by atoms with van der Waals surface area (Å²) in [6.45, 7) is 8.08. The fourth-order valence-electron chi connectivity index (χ4n) is 4.00. The van der Waals surface area contributed by atoms with Gasteiger partial charge in [-0.05, 0) is 31.1 Å². The third kappa shape index (κ3) is 4.95. The third-order valence-electron chi connectivity index (χ3n) is 5.13. The highest BCUT2D eigenvalue weighted by atomic mass is 16.5. The molecule has 1 aliphatic heterocycles. The summed E-state index contributed by atoms with van der Waals surface area (Å²) >= 11 is 0. The largest absolute Gasteiger partial charge is 0.389 e. The minimum atomic E-state index is -0.769. The molecule has 2 unspecified atom stereocenters. The highest BCUT2D eigenvalue weighted by Gasteiger charge is 2.36. The molecule has 0 radical (unpaired) electrons. The average Bonchev–Trinajstić information content (AvgIpc) is 2.45. The van der Waals surface area contributed by atoms with Crippen LogP contribution in [0.25, 0.3) is 0 Å². The van der Waals surface area contributed by atoms with E-state index in [9.17, 15) is 9.90 Å². The SMILES string of the molecule is CC(C)(C)C1OCCCC1CNC(=O)CC1(O)CCCCC1. The zero-order valence-corrected chi connectivity index (χ0v) is 14.5. The van der Waals surface area contributed by atoms with Crippen molar-refractivity contribution in [2.24, 2.45) is 11.3 Å². The molecule has 0 bridgehead atoms. The molecule has 1 aliphatic carbocycles. The van der Waals surface area contributed by atoms with Crippen LogP contribution in [0.3, 0.4) is 0 Å². The summed E-state index contributed by atoms with van der Waals surface area (Å²) in [6, 6.07) is 0. The van der Waals surface area contributed by atoms with Crippen molar-refractivity contribution in [3.63, 3.8) is 0 Å². The third-order valence-corrected chi connectivity index (χ3v) is 5.13. The van der Waals surface area contributed by atoms with Gasteiger partial charge in [-0.2, -0.15) is 0 Å². The second-order valence-electron chi connectivity index (χ2n) is 8.33. The molecule has 2 fully saturated rings. The van der Waals surface area contributed by atoms with Crippen LogP contribution >= 0.6 is 0 Å². The average molecular weight is 311 g/mol. The van der Waals surface area contributed by atoms with Crippen molar-refractivity contribution in [1.29, 1.82) is 0 Å². The molecule has 0 aromatic rings. The van der Waals surface area contributed by atoms with Gasteiger partial charge < -0.3 is 15.2 Å². The van der Waals surface area contributed by atoms with Crippen molar-refractivity contribution in [2.45, 2.75) is 83.8 Å². The number of nitrogens with one attached hydrogen (secondary N) is 1. The second kappa shape index (κ2) is 7.31. The minimum absolute atomic E-state index is 0.0115. The van der Waals surface area contributed by atoms with Crippen molar-refractivity contribution in [1.82, 2.24) is 5.32 Å². The van der Waals surface area contributed by atoms with Crippen LogP contribution < -0.4 is 5.32 Å². The number of hydrogen-bond donors (Lipinski definition) is 2. The summed E-state index contributed by atoms with van der Waals surface area (Å²) in [5.74, 6) is 0.362. The molecule has 1 heterocycles. The Kier molecular flexibility index (Phi) is 5.89. The topological polar surface area (TPSA) is 58.6 Å². The summed E-state index contributed by atoms with van der Waals surface area (Å²) in [4.78, 5) is 12.2. The van der Waals surface area contributed by atoms with E-state index in [1.54, 1.807) is 0 Å². The van der Waals surface area contributed by atoms with Crippen LogP contribution in [0.15, 0.2) is 0 Å². The van der Waals surface area contributed by atoms with E-state index in [1.807, 2.05) is 0 Å². The number of aliphatic hydroxyl groups is 1. The Bertz CT molecular complexity index is 369. The minimum Gasteiger partial charge on any atom is -0.389 e. The Labute approximate surface area is 135 Å². The Balaban J connectivity index is 1.81. The normalized spacial score (nSPS) is 29.1. The lowest BCUT2D eigenvalue weighted by atomic mass is 9.78. The van der Waals surface area contributed by atoms with Gasteiger partial charge in [0.1, 0.15) is 0 Å². The summed E-state index contributed by atoms with van der Waals surface area (Å²) in [5.41, 5.74) is -0.674. The highest BCUT2D eigenvalue weighted by molar-refractivity contribution is 5.77. The predicted octanol–water partition coefficient (Wildman–Crippen LogP) is 3.03. The molecule has 4 heteroatoms. The van der Waals surface area contributed by atoms with E-state index < -0.39 is 5.60 Å². The van der Waals surface area contributed by atoms with E-state index in [4.69, 9.17) is 4.74 Å². The van der Waals surface area contributed by atoms with E-state index in [1.165, 1.54) is 6.42 Å². The monoisotopic (exact) mass is 311 g/mol. The zero-order chi connectivity index (χ0) is 16.2. The fraction of sp³-hybridized carbons (Fsp3) is 0.944. The molecule has 2 rings (SSSR count). The number of carbonyl (C=O) groups excluding carboxylic acids is 1. The lowest BCUT2D eigenvalue weighted by Crippen LogP contribution is -2.46. The molecule has 0 aromatic carbocycles. The Hall–Kier alpha value is -0.610. The van der Waals surface area contributed by atoms with Gasteiger partial charge in [-0.15, -0.1) is 0 Å². The van der Waals surface area contributed by atoms with Crippen molar-refractivity contribution < 1.29 is 14.6 Å². The van der Waals surface area contributed by atoms with Gasteiger partial charge in [0.2, 0.25) is 5.91 Å². The van der Waals surface area contributed by atoms with Crippen molar-refractivity contribution in [3.05, 3.63) is 0 Å². The molecule has 4 nitrogen and oxygen atoms in total. The number of carbonyl (C=O) groups is 1. The molecule has 1 saturated heterocycles. The smallest absolute Gasteiger partial charge is 0.222 e. The molecule has 2 aliphatic rings. The Morgan fingerprint density at radius 1 is 1.23 bits per heavy atom. The first kappa shape index (κ1) is 17.7. The molecule has 22 heavy (non-hydrogen) atoms. The standard InChI is InChI=1S/C18H33NO3/c1-17(2,3)16-14(8-7-11-22-16)13-19-15(20)12-18(21)9-5-4-6-10-18/h14,16,21H,4-13H2,1-3H3,(H,19,20). The van der Waals surface area contributed by atoms with E-state index in [0.717, 1.165) is 45.1 Å². The number of ether oxygens (including phenoxy) is 1. The first-order chi connectivity index (χ1) is 10.3. The number of amides is 1. The van der Waals surface area contributed by atoms with Crippen LogP contribution in [0, 0.1) is 11.3 Å². The van der Waals surface area contributed by atoms with Gasteiger partial charge in [0.05, 0.1) is 18.1 Å². The van der Waals surface area contributed by atoms with E-state index in [0.29, 0.717) is 12.5 Å². The van der Waals surface area contributed by atoms with Crippen LogP contribution in [0.4, 0.5) is 0 Å². The maximum atomic E-state index is 12.2. The quantitative estimate of drug-likeness (QED) is 0.839. The van der Waals surface area contributed by atoms with Gasteiger partial charge in [0.15, 0.2) is 0 Å². The Morgan fingerprint density at radius 3 is 2.55 bits per heavy atom. The maximum absolute atomic E-state index is 12.2. The number of rotatable bonds is 4. The first-order valence-electron chi connectivity index (χ1n) is 8.91. The van der Waals surface area contributed by atoms with Crippen molar-refractivity contribution >= 4 is 5.91 Å². The molecule has 128 valence electrons. The highest BCUT2D eigenvalue weighted by Crippen LogP contribution is 2.34. The molecule has 1 amide bonds. The van der Waals surface area contributed by atoms with Crippen molar-refractivity contribution in [3.8, 4) is 0 Å². The van der Waals surface area contributed by atoms with Gasteiger partial charge >= 0.3 is 0 Å². The molecule has 2 atom stereocenters. The van der Waals surface area contributed by atoms with Gasteiger partial charge in [-0.25, -0.2) is 0 Å². The summed E-state index contributed by atoms with van der Waals surface area (Å²) in [5, 5.41) is 13.5. The molecule has 2 N–H and O–H groups in total. The first-order valence-corrected chi connectivity index (χ1v) is 8.91. The van der Waals surface area contributed by atoms with E-state index in [-0.39, 0.29) is 23.8 Å². The second-order valence-corrected chi connectivity index (χ2v) is 8.33. The predicted molar refractivity (Wildman–Crippen MR) is 87.6 cm³/mol. The van der Waals surface area contributed by atoms with Crippen LogP contribution in [-0.2, 0) is 9.53 Å². The zero-order valence-electron chi connectivity index (χ0n) is 14.5. The molecule has 1 saturated carbocycles. The lowest BCUT2D eigenvalue weighted by molar-refractivity contribution is -0.129. The van der Waals surface area contributed by atoms with Crippen LogP contribution in [0.1, 0.15) is 72.1 Å². The van der Waals surface area contributed by atoms with Crippen LogP contribution in [0.5, 0.6) is 0 Å². The number of hydrogen-bond acceptors (Lipinski definition) is 3. The summed E-state index contributed by atoms with van der Waals surface area (Å²) in [7, 11) is 0. The Morgan fingerprint density at radius 2 is 1.91 bits per heavy atom. The molecule has 0 spiro atoms. The van der Waals surface area contributed by atoms with Gasteiger partial charge in [0.25, 0.3) is 0 Å². The lowest BCUT2D eigenvalue weighted by Gasteiger charge is -2.40. The van der Waals surface area contributed by atoms with Gasteiger partial charge in [0, 0.05) is 19.1 Å². The van der Waals surface area contributed by atoms with Gasteiger partial charge in [-0.1, -0.05) is 40.0 Å². The fourth-order valence-corrected chi connectivity index (χ4v) is 4.00. The van der Waals surface area contributed by atoms with Crippen molar-refractivity contribution in [2.75, 3.05) is 13.2 Å². The summed E-state index contributed by atoms with van der Waals surface area (Å²) < 4.78 is 5.96. The molecular formula is C18H33NO3. The van der Waals surface area contributed by atoms with Crippen LogP contribution in [-0.4, -0.2) is 35.9 Å².